The molecule has 0 aliphatic carbocycles. The van der Waals surface area contributed by atoms with Crippen molar-refractivity contribution in [1.82, 2.24) is 14.5 Å². The van der Waals surface area contributed by atoms with Crippen LogP contribution in [0.2, 0.25) is 0 Å². The molecule has 3 aromatic rings. The number of rotatable bonds is 3. The van der Waals surface area contributed by atoms with Crippen molar-refractivity contribution < 1.29 is 13.9 Å². The summed E-state index contributed by atoms with van der Waals surface area (Å²) in [5.41, 5.74) is 2.76. The fraction of sp³-hybridized carbons (Fsp3) is 0.188. The lowest BCUT2D eigenvalue weighted by Gasteiger charge is -2.06. The Morgan fingerprint density at radius 3 is 2.64 bits per heavy atom. The predicted octanol–water partition coefficient (Wildman–Crippen LogP) is 3.05. The number of ether oxygens (including phenoxy) is 1. The summed E-state index contributed by atoms with van der Waals surface area (Å²) in [5, 5.41) is 0.805. The minimum atomic E-state index is -0.315. The highest BCUT2D eigenvalue weighted by Gasteiger charge is 2.09. The zero-order valence-electron chi connectivity index (χ0n) is 12.4. The van der Waals surface area contributed by atoms with Crippen molar-refractivity contribution in [3.05, 3.63) is 54.4 Å². The predicted molar refractivity (Wildman–Crippen MR) is 81.3 cm³/mol. The molecule has 3 aromatic heterocycles. The van der Waals surface area contributed by atoms with Gasteiger partial charge < -0.3 is 4.74 Å². The highest BCUT2D eigenvalue weighted by Crippen LogP contribution is 2.22. The van der Waals surface area contributed by atoms with Crippen LogP contribution in [0.15, 0.2) is 42.9 Å². The van der Waals surface area contributed by atoms with E-state index < -0.39 is 0 Å². The molecule has 0 aliphatic rings. The molecule has 22 heavy (non-hydrogen) atoms. The molecule has 0 unspecified atom stereocenters. The Hall–Kier alpha value is -2.76. The third-order valence-corrected chi connectivity index (χ3v) is 2.95. The summed E-state index contributed by atoms with van der Waals surface area (Å²) in [6.07, 6.45) is 4.69. The fourth-order valence-electron chi connectivity index (χ4n) is 2.08. The molecule has 5 nitrogen and oxygen atoms in total. The van der Waals surface area contributed by atoms with E-state index in [1.165, 1.54) is 12.3 Å². The van der Waals surface area contributed by atoms with Crippen LogP contribution in [-0.4, -0.2) is 27.6 Å². The summed E-state index contributed by atoms with van der Waals surface area (Å²) in [6, 6.07) is 7.22. The largest absolute Gasteiger partial charge is 0.468 e. The summed E-state index contributed by atoms with van der Waals surface area (Å²) in [6.45, 7) is 4.64. The second kappa shape index (κ2) is 7.31. The van der Waals surface area contributed by atoms with Gasteiger partial charge in [0, 0.05) is 23.5 Å². The van der Waals surface area contributed by atoms with Gasteiger partial charge in [-0.2, -0.15) is 0 Å². The first-order chi connectivity index (χ1) is 10.7. The highest BCUT2D eigenvalue weighted by molar-refractivity contribution is 5.79. The molecular weight excluding hydrogens is 285 g/mol. The van der Waals surface area contributed by atoms with Crippen molar-refractivity contribution in [3.63, 3.8) is 0 Å². The lowest BCUT2D eigenvalue weighted by atomic mass is 10.3. The lowest BCUT2D eigenvalue weighted by molar-refractivity contribution is -0.128. The van der Waals surface area contributed by atoms with Crippen LogP contribution in [0.1, 0.15) is 12.6 Å². The van der Waals surface area contributed by atoms with Gasteiger partial charge in [0.1, 0.15) is 11.5 Å². The molecular formula is C16H16FN3O2. The molecule has 0 radical (unpaired) electrons. The fourth-order valence-corrected chi connectivity index (χ4v) is 2.08. The maximum absolute atomic E-state index is 13.1. The first kappa shape index (κ1) is 15.6. The second-order valence-electron chi connectivity index (χ2n) is 4.44. The highest BCUT2D eigenvalue weighted by atomic mass is 19.1. The van der Waals surface area contributed by atoms with Gasteiger partial charge in [-0.3, -0.25) is 14.3 Å². The van der Waals surface area contributed by atoms with E-state index >= 15 is 0 Å². The molecule has 114 valence electrons. The van der Waals surface area contributed by atoms with Gasteiger partial charge in [0.2, 0.25) is 0 Å². The average molecular weight is 301 g/mol. The first-order valence-electron chi connectivity index (χ1n) is 6.76. The van der Waals surface area contributed by atoms with E-state index in [0.29, 0.717) is 13.1 Å². The standard InChI is InChI=1S/C13H10FN3.C3H6O2/c1-9-6-10-7-11(14)8-16-13(10)17(9)12-2-4-15-5-3-12;1-2-5-3-4/h2-8H,1H3;3H,2H2,1H3. The van der Waals surface area contributed by atoms with E-state index in [0.717, 1.165) is 22.4 Å². The topological polar surface area (TPSA) is 57.0 Å². The summed E-state index contributed by atoms with van der Waals surface area (Å²) < 4.78 is 19.2. The molecule has 0 spiro atoms. The number of aromatic nitrogens is 3. The first-order valence-corrected chi connectivity index (χ1v) is 6.76. The normalized spacial score (nSPS) is 9.95. The van der Waals surface area contributed by atoms with Crippen LogP contribution in [0.5, 0.6) is 0 Å². The van der Waals surface area contributed by atoms with Crippen LogP contribution in [0.25, 0.3) is 16.7 Å². The SMILES string of the molecule is CCOC=O.Cc1cc2cc(F)cnc2n1-c1ccncc1. The smallest absolute Gasteiger partial charge is 0.293 e. The molecule has 0 amide bonds. The number of hydrogen-bond acceptors (Lipinski definition) is 4. The zero-order chi connectivity index (χ0) is 15.9. The second-order valence-corrected chi connectivity index (χ2v) is 4.44. The minimum Gasteiger partial charge on any atom is -0.468 e. The average Bonchev–Trinajstić information content (AvgIpc) is 2.84. The van der Waals surface area contributed by atoms with Gasteiger partial charge in [0.05, 0.1) is 18.5 Å². The van der Waals surface area contributed by atoms with E-state index in [1.54, 1.807) is 19.3 Å². The number of aryl methyl sites for hydroxylation is 1. The Bertz CT molecular complexity index is 757. The molecule has 0 saturated heterocycles. The summed E-state index contributed by atoms with van der Waals surface area (Å²) in [5.74, 6) is -0.315. The van der Waals surface area contributed by atoms with Crippen molar-refractivity contribution in [2.45, 2.75) is 13.8 Å². The third kappa shape index (κ3) is 3.46. The Labute approximate surface area is 127 Å². The van der Waals surface area contributed by atoms with Crippen molar-refractivity contribution >= 4 is 17.5 Å². The zero-order valence-corrected chi connectivity index (χ0v) is 12.4. The van der Waals surface area contributed by atoms with Gasteiger partial charge in [-0.1, -0.05) is 0 Å². The van der Waals surface area contributed by atoms with Crippen LogP contribution >= 0.6 is 0 Å². The molecule has 0 N–H and O–H groups in total. The molecule has 6 heteroatoms. The van der Waals surface area contributed by atoms with E-state index in [9.17, 15) is 9.18 Å². The number of carbonyl (C=O) groups is 1. The third-order valence-electron chi connectivity index (χ3n) is 2.95. The van der Waals surface area contributed by atoms with Crippen LogP contribution in [0.4, 0.5) is 4.39 Å². The van der Waals surface area contributed by atoms with E-state index in [1.807, 2.05) is 29.7 Å². The van der Waals surface area contributed by atoms with Crippen molar-refractivity contribution in [3.8, 4) is 5.69 Å². The van der Waals surface area contributed by atoms with Gasteiger partial charge >= 0.3 is 0 Å². The lowest BCUT2D eigenvalue weighted by Crippen LogP contribution is -1.97. The van der Waals surface area contributed by atoms with E-state index in [4.69, 9.17) is 0 Å². The van der Waals surface area contributed by atoms with E-state index in [-0.39, 0.29) is 5.82 Å². The Morgan fingerprint density at radius 2 is 2.05 bits per heavy atom. The maximum Gasteiger partial charge on any atom is 0.293 e. The van der Waals surface area contributed by atoms with Crippen molar-refractivity contribution in [1.29, 1.82) is 0 Å². The molecule has 0 fully saturated rings. The van der Waals surface area contributed by atoms with Crippen LogP contribution in [0.3, 0.4) is 0 Å². The summed E-state index contributed by atoms with van der Waals surface area (Å²) >= 11 is 0. The Kier molecular flexibility index (Phi) is 5.19. The van der Waals surface area contributed by atoms with Crippen LogP contribution < -0.4 is 0 Å². The minimum absolute atomic E-state index is 0.315. The van der Waals surface area contributed by atoms with Crippen molar-refractivity contribution in [2.75, 3.05) is 6.61 Å². The number of halogens is 1. The van der Waals surface area contributed by atoms with Gasteiger partial charge in [-0.05, 0) is 38.1 Å². The summed E-state index contributed by atoms with van der Waals surface area (Å²) in [4.78, 5) is 17.3. The monoisotopic (exact) mass is 301 g/mol. The molecule has 0 aromatic carbocycles. The molecule has 3 heterocycles. The van der Waals surface area contributed by atoms with Gasteiger partial charge in [-0.25, -0.2) is 9.37 Å². The molecule has 0 saturated carbocycles. The van der Waals surface area contributed by atoms with E-state index in [2.05, 4.69) is 14.7 Å². The quantitative estimate of drug-likeness (QED) is 0.698. The molecule has 0 aliphatic heterocycles. The van der Waals surface area contributed by atoms with Gasteiger partial charge in [0.15, 0.2) is 0 Å². The number of hydrogen-bond donors (Lipinski definition) is 0. The molecule has 3 rings (SSSR count). The number of pyridine rings is 2. The van der Waals surface area contributed by atoms with Crippen molar-refractivity contribution in [2.24, 2.45) is 0 Å². The van der Waals surface area contributed by atoms with Crippen LogP contribution in [0, 0.1) is 12.7 Å². The maximum atomic E-state index is 13.1. The Morgan fingerprint density at radius 1 is 1.32 bits per heavy atom. The summed E-state index contributed by atoms with van der Waals surface area (Å²) in [7, 11) is 0. The number of fused-ring (bicyclic) bond motifs is 1. The van der Waals surface area contributed by atoms with Crippen LogP contribution in [-0.2, 0) is 9.53 Å². The number of carbonyl (C=O) groups excluding carboxylic acids is 1. The Balaban J connectivity index is 0.000000309. The molecule has 0 atom stereocenters. The number of nitrogens with zero attached hydrogens (tertiary/aromatic N) is 3. The van der Waals surface area contributed by atoms with Gasteiger partial charge in [0.25, 0.3) is 6.47 Å². The van der Waals surface area contributed by atoms with Gasteiger partial charge in [-0.15, -0.1) is 0 Å². The molecule has 0 bridgehead atoms.